The van der Waals surface area contributed by atoms with Gasteiger partial charge in [-0.3, -0.25) is 19.3 Å². The second-order valence-electron chi connectivity index (χ2n) is 11.0. The van der Waals surface area contributed by atoms with E-state index in [-0.39, 0.29) is 40.5 Å². The Morgan fingerprint density at radius 1 is 0.659 bits per heavy atom. The number of esters is 2. The van der Waals surface area contributed by atoms with Gasteiger partial charge in [0.05, 0.1) is 28.7 Å². The number of ketones is 1. The molecule has 2 amide bonds. The maximum Gasteiger partial charge on any atom is 0.343 e. The van der Waals surface area contributed by atoms with Gasteiger partial charge in [0.2, 0.25) is 11.8 Å². The highest BCUT2D eigenvalue weighted by molar-refractivity contribution is 6.22. The van der Waals surface area contributed by atoms with Crippen molar-refractivity contribution in [2.45, 2.75) is 25.2 Å². The number of amides is 2. The molecule has 0 radical (unpaired) electrons. The van der Waals surface area contributed by atoms with Crippen LogP contribution in [-0.2, 0) is 14.3 Å². The normalized spacial score (nSPS) is 19.3. The summed E-state index contributed by atoms with van der Waals surface area (Å²) < 4.78 is 10.6. The van der Waals surface area contributed by atoms with Crippen molar-refractivity contribution in [1.29, 1.82) is 0 Å². The summed E-state index contributed by atoms with van der Waals surface area (Å²) in [6.45, 7) is -0.515. The molecular weight excluding hydrogens is 558 g/mol. The highest BCUT2D eigenvalue weighted by Gasteiger charge is 2.50. The number of benzene rings is 4. The van der Waals surface area contributed by atoms with E-state index in [2.05, 4.69) is 12.1 Å². The molecule has 0 aromatic heterocycles. The van der Waals surface area contributed by atoms with Gasteiger partial charge in [0.25, 0.3) is 0 Å². The van der Waals surface area contributed by atoms with Crippen LogP contribution in [-0.4, -0.2) is 36.1 Å². The van der Waals surface area contributed by atoms with Gasteiger partial charge in [0, 0.05) is 5.56 Å². The monoisotopic (exact) mass is 587 g/mol. The van der Waals surface area contributed by atoms with Crippen molar-refractivity contribution >= 4 is 35.2 Å². The lowest BCUT2D eigenvalue weighted by molar-refractivity contribution is -0.122. The summed E-state index contributed by atoms with van der Waals surface area (Å²) in [5.74, 6) is -2.50. The molecule has 0 spiro atoms. The van der Waals surface area contributed by atoms with E-state index in [0.717, 1.165) is 6.42 Å². The largest absolute Gasteiger partial charge is 0.454 e. The highest BCUT2D eigenvalue weighted by atomic mass is 16.5. The van der Waals surface area contributed by atoms with Gasteiger partial charge in [-0.2, -0.15) is 0 Å². The van der Waals surface area contributed by atoms with E-state index in [1.165, 1.54) is 46.9 Å². The number of hydrogen-bond donors (Lipinski definition) is 0. The molecule has 220 valence electrons. The van der Waals surface area contributed by atoms with E-state index < -0.39 is 30.2 Å². The Balaban J connectivity index is 1.07. The third kappa shape index (κ3) is 5.92. The number of Topliss-reactive ketones (excluding diaryl/α,β-unsaturated/α-hetero) is 1. The Morgan fingerprint density at radius 3 is 2.05 bits per heavy atom. The highest BCUT2D eigenvalue weighted by Crippen LogP contribution is 2.45. The van der Waals surface area contributed by atoms with Crippen LogP contribution in [0.5, 0.6) is 5.75 Å². The topological polar surface area (TPSA) is 107 Å². The maximum absolute atomic E-state index is 13.5. The van der Waals surface area contributed by atoms with E-state index >= 15 is 0 Å². The molecule has 0 bridgehead atoms. The fourth-order valence-electron chi connectivity index (χ4n) is 5.98. The van der Waals surface area contributed by atoms with Crippen LogP contribution in [0.1, 0.15) is 61.8 Å². The summed E-state index contributed by atoms with van der Waals surface area (Å²) in [7, 11) is 0. The molecule has 2 aliphatic rings. The van der Waals surface area contributed by atoms with E-state index in [4.69, 9.17) is 9.47 Å². The van der Waals surface area contributed by atoms with Gasteiger partial charge in [-0.1, -0.05) is 54.6 Å². The summed E-state index contributed by atoms with van der Waals surface area (Å²) in [6.07, 6.45) is 2.07. The standard InChI is InChI=1S/C36H29NO7/c38-32(24-14-17-29(18-15-24)44-36(42)25-10-5-2-6-11-25)22-43-35(41)27-12-7-13-28(20-27)37-33(39)30-19-16-26(21-31(30)34(37)40)23-8-3-1-4-9-23/h1-15,17-18,20,26,30-31H,16,19,21-22H2/t26-,30+,31-/m0/s1. The van der Waals surface area contributed by atoms with Gasteiger partial charge in [0.1, 0.15) is 5.75 Å². The molecule has 0 N–H and O–H groups in total. The average molecular weight is 588 g/mol. The first-order valence-electron chi connectivity index (χ1n) is 14.5. The van der Waals surface area contributed by atoms with Crippen LogP contribution in [0.3, 0.4) is 0 Å². The van der Waals surface area contributed by atoms with E-state index in [0.29, 0.717) is 24.1 Å². The number of imide groups is 1. The Kier molecular flexibility index (Phi) is 8.14. The second-order valence-corrected chi connectivity index (χ2v) is 11.0. The van der Waals surface area contributed by atoms with Crippen molar-refractivity contribution in [2.75, 3.05) is 11.5 Å². The summed E-state index contributed by atoms with van der Waals surface area (Å²) in [5.41, 5.74) is 2.28. The quantitative estimate of drug-likeness (QED) is 0.107. The van der Waals surface area contributed by atoms with Crippen LogP contribution >= 0.6 is 0 Å². The summed E-state index contributed by atoms with van der Waals surface area (Å²) in [5, 5.41) is 0. The molecule has 2 fully saturated rings. The number of carbonyl (C=O) groups excluding carboxylic acids is 5. The van der Waals surface area contributed by atoms with E-state index in [9.17, 15) is 24.0 Å². The molecule has 1 aliphatic heterocycles. The van der Waals surface area contributed by atoms with Crippen LogP contribution in [0.4, 0.5) is 5.69 Å². The van der Waals surface area contributed by atoms with Crippen molar-refractivity contribution in [3.63, 3.8) is 0 Å². The SMILES string of the molecule is O=C(COC(=O)c1cccc(N2C(=O)[C@H]3C[C@@H](c4ccccc4)CC[C@H]3C2=O)c1)c1ccc(OC(=O)c2ccccc2)cc1. The van der Waals surface area contributed by atoms with Gasteiger partial charge >= 0.3 is 11.9 Å². The van der Waals surface area contributed by atoms with Gasteiger partial charge in [0.15, 0.2) is 12.4 Å². The summed E-state index contributed by atoms with van der Waals surface area (Å²) in [4.78, 5) is 65.7. The second kappa shape index (κ2) is 12.5. The number of nitrogens with zero attached hydrogens (tertiary/aromatic N) is 1. The first kappa shape index (κ1) is 28.7. The Morgan fingerprint density at radius 2 is 1.32 bits per heavy atom. The van der Waals surface area contributed by atoms with E-state index in [1.54, 1.807) is 42.5 Å². The van der Waals surface area contributed by atoms with Crippen LogP contribution in [0, 0.1) is 11.8 Å². The number of rotatable bonds is 8. The molecule has 44 heavy (non-hydrogen) atoms. The lowest BCUT2D eigenvalue weighted by Crippen LogP contribution is -2.31. The molecule has 3 atom stereocenters. The fourth-order valence-corrected chi connectivity index (χ4v) is 5.98. The minimum absolute atomic E-state index is 0.121. The number of carbonyl (C=O) groups is 5. The molecule has 8 heteroatoms. The van der Waals surface area contributed by atoms with Crippen LogP contribution < -0.4 is 9.64 Å². The van der Waals surface area contributed by atoms with Crippen molar-refractivity contribution in [1.82, 2.24) is 0 Å². The first-order chi connectivity index (χ1) is 21.4. The predicted molar refractivity (Wildman–Crippen MR) is 161 cm³/mol. The molecule has 6 rings (SSSR count). The maximum atomic E-state index is 13.5. The molecule has 4 aromatic carbocycles. The Hall–Kier alpha value is -5.37. The molecule has 1 aliphatic carbocycles. The molecule has 0 unspecified atom stereocenters. The average Bonchev–Trinajstić information content (AvgIpc) is 3.33. The number of anilines is 1. The molecule has 1 heterocycles. The third-order valence-corrected chi connectivity index (χ3v) is 8.27. The van der Waals surface area contributed by atoms with Crippen molar-refractivity contribution in [3.05, 3.63) is 131 Å². The van der Waals surface area contributed by atoms with Crippen molar-refractivity contribution in [3.8, 4) is 5.75 Å². The van der Waals surface area contributed by atoms with Gasteiger partial charge in [-0.15, -0.1) is 0 Å². The Labute approximate surface area is 254 Å². The molecule has 1 saturated heterocycles. The Bertz CT molecular complexity index is 1720. The summed E-state index contributed by atoms with van der Waals surface area (Å²) >= 11 is 0. The molecule has 8 nitrogen and oxygen atoms in total. The lowest BCUT2D eigenvalue weighted by Gasteiger charge is -2.28. The zero-order valence-electron chi connectivity index (χ0n) is 23.8. The first-order valence-corrected chi connectivity index (χ1v) is 14.5. The number of fused-ring (bicyclic) bond motifs is 1. The van der Waals surface area contributed by atoms with Crippen LogP contribution in [0.25, 0.3) is 0 Å². The molecular formula is C36H29NO7. The third-order valence-electron chi connectivity index (χ3n) is 8.27. The zero-order chi connectivity index (χ0) is 30.6. The van der Waals surface area contributed by atoms with Gasteiger partial charge in [-0.05, 0) is 85.3 Å². The molecule has 4 aromatic rings. The number of ether oxygens (including phenoxy) is 2. The zero-order valence-corrected chi connectivity index (χ0v) is 23.8. The van der Waals surface area contributed by atoms with Crippen LogP contribution in [0.15, 0.2) is 109 Å². The van der Waals surface area contributed by atoms with Gasteiger partial charge < -0.3 is 9.47 Å². The summed E-state index contributed by atoms with van der Waals surface area (Å²) in [6, 6.07) is 30.7. The number of hydrogen-bond acceptors (Lipinski definition) is 7. The van der Waals surface area contributed by atoms with E-state index in [1.807, 2.05) is 18.2 Å². The lowest BCUT2D eigenvalue weighted by atomic mass is 9.73. The van der Waals surface area contributed by atoms with Crippen LogP contribution in [0.2, 0.25) is 0 Å². The van der Waals surface area contributed by atoms with Crippen molar-refractivity contribution in [2.24, 2.45) is 11.8 Å². The molecule has 1 saturated carbocycles. The van der Waals surface area contributed by atoms with Crippen molar-refractivity contribution < 1.29 is 33.4 Å². The fraction of sp³-hybridized carbons (Fsp3) is 0.194. The minimum atomic E-state index is -0.755. The predicted octanol–water partition coefficient (Wildman–Crippen LogP) is 6.02. The van der Waals surface area contributed by atoms with Gasteiger partial charge in [-0.25, -0.2) is 9.59 Å². The minimum Gasteiger partial charge on any atom is -0.454 e. The smallest absolute Gasteiger partial charge is 0.343 e.